The minimum absolute atomic E-state index is 0.0355. The van der Waals surface area contributed by atoms with Crippen LogP contribution < -0.4 is 0 Å². The molecule has 0 spiro atoms. The molecule has 1 aromatic rings. The molecule has 4 nitrogen and oxygen atoms in total. The maximum atomic E-state index is 11.2. The lowest BCUT2D eigenvalue weighted by atomic mass is 9.96. The van der Waals surface area contributed by atoms with Crippen molar-refractivity contribution in [3.8, 4) is 0 Å². The third-order valence-corrected chi connectivity index (χ3v) is 2.69. The molecule has 0 bridgehead atoms. The van der Waals surface area contributed by atoms with Gasteiger partial charge in [0.05, 0.1) is 0 Å². The molecule has 0 saturated heterocycles. The maximum absolute atomic E-state index is 11.2. The highest BCUT2D eigenvalue weighted by atomic mass is 16.3. The first kappa shape index (κ1) is 11.9. The molecule has 0 saturated carbocycles. The summed E-state index contributed by atoms with van der Waals surface area (Å²) in [5.74, 6) is 1.10. The molecule has 15 heavy (non-hydrogen) atoms. The minimum Gasteiger partial charge on any atom is -0.396 e. The Bertz CT molecular complexity index is 320. The second kappa shape index (κ2) is 5.66. The van der Waals surface area contributed by atoms with Crippen LogP contribution in [0.2, 0.25) is 0 Å². The topological polar surface area (TPSA) is 55.1 Å². The van der Waals surface area contributed by atoms with Gasteiger partial charge in [-0.05, 0) is 19.8 Å². The Morgan fingerprint density at radius 3 is 2.80 bits per heavy atom. The van der Waals surface area contributed by atoms with E-state index in [9.17, 15) is 4.79 Å². The Morgan fingerprint density at radius 1 is 1.60 bits per heavy atom. The van der Waals surface area contributed by atoms with E-state index in [4.69, 9.17) is 5.11 Å². The smallest absolute Gasteiger partial charge is 0.133 e. The molecule has 4 heteroatoms. The number of aryl methyl sites for hydroxylation is 2. The van der Waals surface area contributed by atoms with E-state index in [2.05, 4.69) is 4.98 Å². The number of aliphatic hydroxyl groups is 1. The summed E-state index contributed by atoms with van der Waals surface area (Å²) >= 11 is 0. The van der Waals surface area contributed by atoms with Crippen LogP contribution in [0.1, 0.15) is 25.6 Å². The van der Waals surface area contributed by atoms with Crippen LogP contribution in [0.25, 0.3) is 0 Å². The molecule has 1 N–H and O–H groups in total. The van der Waals surface area contributed by atoms with E-state index in [1.54, 1.807) is 13.1 Å². The van der Waals surface area contributed by atoms with Crippen LogP contribution >= 0.6 is 0 Å². The molecule has 0 fully saturated rings. The standard InChI is InChI=1S/C11H18N2O2/c1-9(15)10(5-8-14)3-4-11-12-6-7-13(11)2/h6-7,10,14H,3-5,8H2,1-2H3. The summed E-state index contributed by atoms with van der Waals surface area (Å²) in [6.45, 7) is 1.66. The number of rotatable bonds is 6. The fourth-order valence-electron chi connectivity index (χ4n) is 1.65. The Labute approximate surface area is 89.9 Å². The number of ketones is 1. The number of carbonyl (C=O) groups excluding carboxylic acids is 1. The third-order valence-electron chi connectivity index (χ3n) is 2.69. The van der Waals surface area contributed by atoms with Crippen molar-refractivity contribution >= 4 is 5.78 Å². The minimum atomic E-state index is -0.0355. The van der Waals surface area contributed by atoms with Crippen molar-refractivity contribution < 1.29 is 9.90 Å². The van der Waals surface area contributed by atoms with E-state index in [0.29, 0.717) is 6.42 Å². The normalized spacial score (nSPS) is 12.7. The molecule has 0 aliphatic rings. The van der Waals surface area contributed by atoms with Gasteiger partial charge in [0.2, 0.25) is 0 Å². The fourth-order valence-corrected chi connectivity index (χ4v) is 1.65. The summed E-state index contributed by atoms with van der Waals surface area (Å²) in [5.41, 5.74) is 0. The number of carbonyl (C=O) groups is 1. The van der Waals surface area contributed by atoms with Gasteiger partial charge in [0.1, 0.15) is 11.6 Å². The zero-order chi connectivity index (χ0) is 11.3. The SMILES string of the molecule is CC(=O)C(CCO)CCc1nccn1C. The largest absolute Gasteiger partial charge is 0.396 e. The van der Waals surface area contributed by atoms with Crippen LogP contribution in [-0.2, 0) is 18.3 Å². The van der Waals surface area contributed by atoms with Crippen LogP contribution in [0.15, 0.2) is 12.4 Å². The number of aromatic nitrogens is 2. The Balaban J connectivity index is 2.47. The lowest BCUT2D eigenvalue weighted by molar-refractivity contribution is -0.121. The molecule has 1 heterocycles. The molecule has 1 unspecified atom stereocenters. The van der Waals surface area contributed by atoms with E-state index < -0.39 is 0 Å². The monoisotopic (exact) mass is 210 g/mol. The summed E-state index contributed by atoms with van der Waals surface area (Å²) in [6, 6.07) is 0. The first-order valence-electron chi connectivity index (χ1n) is 5.22. The van der Waals surface area contributed by atoms with Gasteiger partial charge < -0.3 is 9.67 Å². The van der Waals surface area contributed by atoms with Gasteiger partial charge in [0.25, 0.3) is 0 Å². The van der Waals surface area contributed by atoms with Gasteiger partial charge in [-0.25, -0.2) is 4.98 Å². The van der Waals surface area contributed by atoms with E-state index in [1.165, 1.54) is 0 Å². The van der Waals surface area contributed by atoms with Crippen LogP contribution in [0, 0.1) is 5.92 Å². The summed E-state index contributed by atoms with van der Waals surface area (Å²) in [6.07, 6.45) is 5.75. The van der Waals surface area contributed by atoms with E-state index in [0.717, 1.165) is 18.7 Å². The van der Waals surface area contributed by atoms with Gasteiger partial charge in [0, 0.05) is 38.4 Å². The highest BCUT2D eigenvalue weighted by Gasteiger charge is 2.14. The Morgan fingerprint density at radius 2 is 2.33 bits per heavy atom. The summed E-state index contributed by atoms with van der Waals surface area (Å²) in [4.78, 5) is 15.4. The number of hydrogen-bond acceptors (Lipinski definition) is 3. The molecule has 1 atom stereocenters. The molecule has 0 amide bonds. The highest BCUT2D eigenvalue weighted by molar-refractivity contribution is 5.78. The lowest BCUT2D eigenvalue weighted by Crippen LogP contribution is -2.14. The Kier molecular flexibility index (Phi) is 4.49. The molecule has 1 aromatic heterocycles. The molecule has 0 aliphatic carbocycles. The summed E-state index contributed by atoms with van der Waals surface area (Å²) in [5, 5.41) is 8.82. The van der Waals surface area contributed by atoms with Crippen LogP contribution in [0.5, 0.6) is 0 Å². The average Bonchev–Trinajstić information content (AvgIpc) is 2.58. The van der Waals surface area contributed by atoms with Gasteiger partial charge >= 0.3 is 0 Å². The van der Waals surface area contributed by atoms with Crippen molar-refractivity contribution in [3.05, 3.63) is 18.2 Å². The van der Waals surface area contributed by atoms with Gasteiger partial charge in [-0.15, -0.1) is 0 Å². The number of nitrogens with zero attached hydrogens (tertiary/aromatic N) is 2. The van der Waals surface area contributed by atoms with Gasteiger partial charge in [-0.3, -0.25) is 4.79 Å². The zero-order valence-electron chi connectivity index (χ0n) is 9.31. The number of aliphatic hydroxyl groups excluding tert-OH is 1. The molecular formula is C11H18N2O2. The fraction of sp³-hybridized carbons (Fsp3) is 0.636. The van der Waals surface area contributed by atoms with Crippen LogP contribution in [0.3, 0.4) is 0 Å². The predicted molar refractivity (Wildman–Crippen MR) is 57.4 cm³/mol. The molecule has 84 valence electrons. The van der Waals surface area contributed by atoms with Crippen molar-refractivity contribution in [1.29, 1.82) is 0 Å². The van der Waals surface area contributed by atoms with E-state index in [1.807, 2.05) is 17.8 Å². The predicted octanol–water partition coefficient (Wildman–Crippen LogP) is 0.940. The van der Waals surface area contributed by atoms with Crippen molar-refractivity contribution in [2.24, 2.45) is 13.0 Å². The van der Waals surface area contributed by atoms with E-state index >= 15 is 0 Å². The zero-order valence-corrected chi connectivity index (χ0v) is 9.31. The van der Waals surface area contributed by atoms with Crippen molar-refractivity contribution in [1.82, 2.24) is 9.55 Å². The number of Topliss-reactive ketones (excluding diaryl/α,β-unsaturated/α-hetero) is 1. The quantitative estimate of drug-likeness (QED) is 0.760. The highest BCUT2D eigenvalue weighted by Crippen LogP contribution is 2.13. The van der Waals surface area contributed by atoms with Crippen LogP contribution in [-0.4, -0.2) is 27.0 Å². The molecule has 0 aliphatic heterocycles. The second-order valence-electron chi connectivity index (χ2n) is 3.81. The molecule has 0 aromatic carbocycles. The van der Waals surface area contributed by atoms with Crippen molar-refractivity contribution in [2.45, 2.75) is 26.2 Å². The van der Waals surface area contributed by atoms with Gasteiger partial charge in [-0.1, -0.05) is 0 Å². The molecule has 1 rings (SSSR count). The average molecular weight is 210 g/mol. The molecular weight excluding hydrogens is 192 g/mol. The summed E-state index contributed by atoms with van der Waals surface area (Å²) < 4.78 is 1.95. The Hall–Kier alpha value is -1.16. The molecule has 0 radical (unpaired) electrons. The van der Waals surface area contributed by atoms with Crippen molar-refractivity contribution in [3.63, 3.8) is 0 Å². The summed E-state index contributed by atoms with van der Waals surface area (Å²) in [7, 11) is 1.94. The number of imidazole rings is 1. The van der Waals surface area contributed by atoms with Crippen LogP contribution in [0.4, 0.5) is 0 Å². The van der Waals surface area contributed by atoms with Crippen molar-refractivity contribution in [2.75, 3.05) is 6.61 Å². The van der Waals surface area contributed by atoms with Gasteiger partial charge in [-0.2, -0.15) is 0 Å². The number of hydrogen-bond donors (Lipinski definition) is 1. The maximum Gasteiger partial charge on any atom is 0.133 e. The second-order valence-corrected chi connectivity index (χ2v) is 3.81. The first-order valence-corrected chi connectivity index (χ1v) is 5.22. The first-order chi connectivity index (χ1) is 7.15. The van der Waals surface area contributed by atoms with Gasteiger partial charge in [0.15, 0.2) is 0 Å². The van der Waals surface area contributed by atoms with E-state index in [-0.39, 0.29) is 18.3 Å². The third kappa shape index (κ3) is 3.47. The lowest BCUT2D eigenvalue weighted by Gasteiger charge is -2.11.